The molecular formula is C16H15NO3. The average molecular weight is 269 g/mol. The molecule has 0 atom stereocenters. The summed E-state index contributed by atoms with van der Waals surface area (Å²) in [5.41, 5.74) is 3.50. The van der Waals surface area contributed by atoms with Gasteiger partial charge in [0.05, 0.1) is 19.2 Å². The summed E-state index contributed by atoms with van der Waals surface area (Å²) in [5, 5.41) is 0. The molecule has 0 N–H and O–H groups in total. The predicted molar refractivity (Wildman–Crippen MR) is 77.3 cm³/mol. The maximum atomic E-state index is 12.0. The van der Waals surface area contributed by atoms with Gasteiger partial charge in [-0.3, -0.25) is 4.57 Å². The number of ether oxygens (including phenoxy) is 1. The molecule has 0 fully saturated rings. The molecule has 0 saturated heterocycles. The van der Waals surface area contributed by atoms with Gasteiger partial charge in [0.1, 0.15) is 5.75 Å². The van der Waals surface area contributed by atoms with Crippen LogP contribution in [0.25, 0.3) is 11.1 Å². The van der Waals surface area contributed by atoms with Crippen molar-refractivity contribution in [2.45, 2.75) is 13.5 Å². The van der Waals surface area contributed by atoms with Crippen LogP contribution < -0.4 is 10.5 Å². The maximum Gasteiger partial charge on any atom is 0.420 e. The van der Waals surface area contributed by atoms with Gasteiger partial charge in [0, 0.05) is 0 Å². The number of methoxy groups -OCH3 is 1. The second kappa shape index (κ2) is 4.89. The minimum Gasteiger partial charge on any atom is -0.497 e. The van der Waals surface area contributed by atoms with E-state index in [4.69, 9.17) is 9.15 Å². The smallest absolute Gasteiger partial charge is 0.420 e. The van der Waals surface area contributed by atoms with E-state index in [0.717, 1.165) is 22.4 Å². The Morgan fingerprint density at radius 3 is 2.85 bits per heavy atom. The Labute approximate surface area is 116 Å². The van der Waals surface area contributed by atoms with Gasteiger partial charge < -0.3 is 9.15 Å². The lowest BCUT2D eigenvalue weighted by Gasteiger charge is -2.05. The second-order valence-corrected chi connectivity index (χ2v) is 4.78. The van der Waals surface area contributed by atoms with Gasteiger partial charge in [-0.2, -0.15) is 0 Å². The highest BCUT2D eigenvalue weighted by atomic mass is 16.5. The lowest BCUT2D eigenvalue weighted by atomic mass is 10.2. The third-order valence-corrected chi connectivity index (χ3v) is 3.30. The number of fused-ring (bicyclic) bond motifs is 1. The van der Waals surface area contributed by atoms with Gasteiger partial charge in [0.15, 0.2) is 5.58 Å². The van der Waals surface area contributed by atoms with E-state index in [1.807, 2.05) is 49.4 Å². The molecule has 3 rings (SSSR count). The third kappa shape index (κ3) is 2.20. The van der Waals surface area contributed by atoms with Crippen molar-refractivity contribution in [3.05, 3.63) is 64.1 Å². The summed E-state index contributed by atoms with van der Waals surface area (Å²) < 4.78 is 12.1. The van der Waals surface area contributed by atoms with E-state index in [2.05, 4.69) is 0 Å². The quantitative estimate of drug-likeness (QED) is 0.734. The molecule has 3 aromatic rings. The van der Waals surface area contributed by atoms with Crippen LogP contribution in [0.3, 0.4) is 0 Å². The highest BCUT2D eigenvalue weighted by molar-refractivity contribution is 5.73. The van der Waals surface area contributed by atoms with Crippen LogP contribution in [0.2, 0.25) is 0 Å². The molecule has 20 heavy (non-hydrogen) atoms. The highest BCUT2D eigenvalue weighted by Crippen LogP contribution is 2.18. The molecule has 0 bridgehead atoms. The van der Waals surface area contributed by atoms with Crippen LogP contribution in [-0.4, -0.2) is 11.7 Å². The van der Waals surface area contributed by atoms with Crippen LogP contribution in [0.15, 0.2) is 51.7 Å². The molecule has 1 aromatic heterocycles. The van der Waals surface area contributed by atoms with E-state index in [1.165, 1.54) is 0 Å². The van der Waals surface area contributed by atoms with Gasteiger partial charge in [0.2, 0.25) is 0 Å². The molecule has 0 aliphatic rings. The van der Waals surface area contributed by atoms with Crippen molar-refractivity contribution in [2.24, 2.45) is 0 Å². The zero-order valence-corrected chi connectivity index (χ0v) is 11.4. The van der Waals surface area contributed by atoms with Crippen LogP contribution in [-0.2, 0) is 6.54 Å². The van der Waals surface area contributed by atoms with E-state index < -0.39 is 0 Å². The van der Waals surface area contributed by atoms with E-state index in [0.29, 0.717) is 12.1 Å². The molecule has 102 valence electrons. The number of hydrogen-bond acceptors (Lipinski definition) is 3. The van der Waals surface area contributed by atoms with Gasteiger partial charge in [-0.05, 0) is 42.3 Å². The molecule has 0 radical (unpaired) electrons. The standard InChI is InChI=1S/C16H15NO3/c1-11-6-7-14-15(8-11)20-16(18)17(14)10-12-4-3-5-13(9-12)19-2/h3-9H,10H2,1-2H3. The molecule has 4 nitrogen and oxygen atoms in total. The van der Waals surface area contributed by atoms with Gasteiger partial charge in [-0.1, -0.05) is 18.2 Å². The van der Waals surface area contributed by atoms with Gasteiger partial charge in [-0.15, -0.1) is 0 Å². The summed E-state index contributed by atoms with van der Waals surface area (Å²) in [4.78, 5) is 12.0. The Hall–Kier alpha value is -2.49. The molecule has 0 spiro atoms. The Balaban J connectivity index is 2.06. The van der Waals surface area contributed by atoms with E-state index >= 15 is 0 Å². The summed E-state index contributed by atoms with van der Waals surface area (Å²) in [6, 6.07) is 13.4. The summed E-state index contributed by atoms with van der Waals surface area (Å²) in [6.07, 6.45) is 0. The van der Waals surface area contributed by atoms with Crippen molar-refractivity contribution in [1.29, 1.82) is 0 Å². The van der Waals surface area contributed by atoms with Crippen molar-refractivity contribution in [2.75, 3.05) is 7.11 Å². The largest absolute Gasteiger partial charge is 0.497 e. The Kier molecular flexibility index (Phi) is 3.06. The molecular weight excluding hydrogens is 254 g/mol. The molecule has 0 amide bonds. The lowest BCUT2D eigenvalue weighted by molar-refractivity contribution is 0.414. The minimum atomic E-state index is -0.339. The number of aryl methyl sites for hydroxylation is 1. The maximum absolute atomic E-state index is 12.0. The van der Waals surface area contributed by atoms with E-state index in [-0.39, 0.29) is 5.76 Å². The number of hydrogen-bond donors (Lipinski definition) is 0. The first-order valence-corrected chi connectivity index (χ1v) is 6.40. The first-order chi connectivity index (χ1) is 9.67. The SMILES string of the molecule is COc1cccc(Cn2c(=O)oc3cc(C)ccc32)c1. The van der Waals surface area contributed by atoms with E-state index in [1.54, 1.807) is 11.7 Å². The monoisotopic (exact) mass is 269 g/mol. The molecule has 0 aliphatic heterocycles. The lowest BCUT2D eigenvalue weighted by Crippen LogP contribution is -2.14. The number of aromatic nitrogens is 1. The van der Waals surface area contributed by atoms with Crippen LogP contribution >= 0.6 is 0 Å². The van der Waals surface area contributed by atoms with Crippen molar-refractivity contribution in [3.63, 3.8) is 0 Å². The topological polar surface area (TPSA) is 44.4 Å². The minimum absolute atomic E-state index is 0.339. The van der Waals surface area contributed by atoms with Gasteiger partial charge in [0.25, 0.3) is 0 Å². The van der Waals surface area contributed by atoms with Crippen LogP contribution in [0, 0.1) is 6.92 Å². The summed E-state index contributed by atoms with van der Waals surface area (Å²) in [5.74, 6) is 0.438. The Bertz CT molecular complexity index is 814. The van der Waals surface area contributed by atoms with Crippen molar-refractivity contribution in [1.82, 2.24) is 4.57 Å². The number of oxazole rings is 1. The fourth-order valence-electron chi connectivity index (χ4n) is 2.28. The fraction of sp³-hybridized carbons (Fsp3) is 0.188. The second-order valence-electron chi connectivity index (χ2n) is 4.78. The Morgan fingerprint density at radius 2 is 2.05 bits per heavy atom. The normalized spacial score (nSPS) is 10.9. The summed E-state index contributed by atoms with van der Waals surface area (Å²) in [7, 11) is 1.63. The first kappa shape index (κ1) is 12.5. The Morgan fingerprint density at radius 1 is 1.20 bits per heavy atom. The molecule has 4 heteroatoms. The summed E-state index contributed by atoms with van der Waals surface area (Å²) in [6.45, 7) is 2.44. The molecule has 0 unspecified atom stereocenters. The third-order valence-electron chi connectivity index (χ3n) is 3.30. The van der Waals surface area contributed by atoms with Crippen LogP contribution in [0.4, 0.5) is 0 Å². The van der Waals surface area contributed by atoms with Crippen molar-refractivity contribution in [3.8, 4) is 5.75 Å². The zero-order valence-electron chi connectivity index (χ0n) is 11.4. The molecule has 0 aliphatic carbocycles. The average Bonchev–Trinajstić information content (AvgIpc) is 2.74. The molecule has 2 aromatic carbocycles. The van der Waals surface area contributed by atoms with Crippen molar-refractivity contribution < 1.29 is 9.15 Å². The zero-order chi connectivity index (χ0) is 14.1. The molecule has 0 saturated carbocycles. The summed E-state index contributed by atoms with van der Waals surface area (Å²) >= 11 is 0. The number of nitrogens with zero attached hydrogens (tertiary/aromatic N) is 1. The highest BCUT2D eigenvalue weighted by Gasteiger charge is 2.09. The molecule has 1 heterocycles. The van der Waals surface area contributed by atoms with Crippen molar-refractivity contribution >= 4 is 11.1 Å². The van der Waals surface area contributed by atoms with E-state index in [9.17, 15) is 4.79 Å². The predicted octanol–water partition coefficient (Wildman–Crippen LogP) is 2.96. The fourth-order valence-corrected chi connectivity index (χ4v) is 2.28. The van der Waals surface area contributed by atoms with Gasteiger partial charge >= 0.3 is 5.76 Å². The van der Waals surface area contributed by atoms with Crippen LogP contribution in [0.5, 0.6) is 5.75 Å². The van der Waals surface area contributed by atoms with Crippen LogP contribution in [0.1, 0.15) is 11.1 Å². The van der Waals surface area contributed by atoms with Gasteiger partial charge in [-0.25, -0.2) is 4.79 Å². The number of rotatable bonds is 3. The first-order valence-electron chi connectivity index (χ1n) is 6.40. The number of benzene rings is 2.